The molecule has 2 aromatic carbocycles. The van der Waals surface area contributed by atoms with Crippen LogP contribution in [0.5, 0.6) is 0 Å². The number of aryl methyl sites for hydroxylation is 2. The fraction of sp³-hybridized carbons (Fsp3) is 0.158. The number of carbonyl (C=O) groups excluding carboxylic acids is 1. The van der Waals surface area contributed by atoms with Gasteiger partial charge in [-0.1, -0.05) is 11.6 Å². The van der Waals surface area contributed by atoms with Crippen LogP contribution in [0, 0.1) is 19.7 Å². The highest BCUT2D eigenvalue weighted by molar-refractivity contribution is 5.99. The van der Waals surface area contributed by atoms with Gasteiger partial charge in [0.05, 0.1) is 18.3 Å². The van der Waals surface area contributed by atoms with Crippen LogP contribution in [0.15, 0.2) is 42.5 Å². The summed E-state index contributed by atoms with van der Waals surface area (Å²) in [6, 6.07) is 12.0. The van der Waals surface area contributed by atoms with Crippen molar-refractivity contribution in [2.45, 2.75) is 13.8 Å². The molecule has 0 atom stereocenters. The van der Waals surface area contributed by atoms with Gasteiger partial charge in [0, 0.05) is 11.1 Å². The molecular weight excluding hydrogens is 307 g/mol. The largest absolute Gasteiger partial charge is 0.464 e. The number of carbonyl (C=O) groups is 1. The molecule has 3 rings (SSSR count). The highest BCUT2D eigenvalue weighted by Crippen LogP contribution is 2.29. The monoisotopic (exact) mass is 324 g/mol. The summed E-state index contributed by atoms with van der Waals surface area (Å²) in [7, 11) is 1.32. The van der Waals surface area contributed by atoms with E-state index in [-0.39, 0.29) is 11.5 Å². The Hall–Kier alpha value is -2.95. The Morgan fingerprint density at radius 3 is 2.58 bits per heavy atom. The van der Waals surface area contributed by atoms with E-state index in [2.05, 4.69) is 10.3 Å². The Balaban J connectivity index is 2.16. The highest BCUT2D eigenvalue weighted by Gasteiger charge is 2.13. The van der Waals surface area contributed by atoms with Crippen LogP contribution < -0.4 is 5.32 Å². The van der Waals surface area contributed by atoms with E-state index in [9.17, 15) is 9.18 Å². The molecule has 24 heavy (non-hydrogen) atoms. The normalized spacial score (nSPS) is 10.7. The van der Waals surface area contributed by atoms with Gasteiger partial charge in [-0.05, 0) is 55.8 Å². The molecule has 1 aromatic heterocycles. The van der Waals surface area contributed by atoms with E-state index >= 15 is 0 Å². The number of fused-ring (bicyclic) bond motifs is 1. The standard InChI is InChI=1S/C19H17FN2O2/c1-11-4-6-16-14(8-11)17(10-18(22-16)19(23)24-3)21-15-7-5-13(20)9-12(15)2/h4-10H,1-3H3,(H,21,22). The van der Waals surface area contributed by atoms with Crippen molar-refractivity contribution < 1.29 is 13.9 Å². The van der Waals surface area contributed by atoms with E-state index in [0.717, 1.165) is 27.9 Å². The molecule has 0 spiro atoms. The lowest BCUT2D eigenvalue weighted by atomic mass is 10.1. The quantitative estimate of drug-likeness (QED) is 0.720. The summed E-state index contributed by atoms with van der Waals surface area (Å²) >= 11 is 0. The van der Waals surface area contributed by atoms with Crippen LogP contribution >= 0.6 is 0 Å². The molecule has 0 aliphatic rings. The predicted molar refractivity (Wildman–Crippen MR) is 92.2 cm³/mol. The minimum Gasteiger partial charge on any atom is -0.464 e. The zero-order valence-corrected chi connectivity index (χ0v) is 13.7. The molecule has 0 bridgehead atoms. The second-order valence-corrected chi connectivity index (χ2v) is 5.65. The van der Waals surface area contributed by atoms with Crippen LogP contribution in [0.2, 0.25) is 0 Å². The van der Waals surface area contributed by atoms with E-state index in [4.69, 9.17) is 4.74 Å². The maximum Gasteiger partial charge on any atom is 0.356 e. The van der Waals surface area contributed by atoms with Crippen molar-refractivity contribution in [1.82, 2.24) is 4.98 Å². The molecule has 1 heterocycles. The number of pyridine rings is 1. The van der Waals surface area contributed by atoms with Gasteiger partial charge in [0.2, 0.25) is 0 Å². The zero-order valence-electron chi connectivity index (χ0n) is 13.7. The predicted octanol–water partition coefficient (Wildman–Crippen LogP) is 4.52. The van der Waals surface area contributed by atoms with E-state index < -0.39 is 5.97 Å². The molecular formula is C19H17FN2O2. The van der Waals surface area contributed by atoms with Crippen LogP contribution in [0.4, 0.5) is 15.8 Å². The third-order valence-corrected chi connectivity index (χ3v) is 3.82. The van der Waals surface area contributed by atoms with Gasteiger partial charge in [0.25, 0.3) is 0 Å². The topological polar surface area (TPSA) is 51.2 Å². The number of nitrogens with one attached hydrogen (secondary N) is 1. The lowest BCUT2D eigenvalue weighted by molar-refractivity contribution is 0.0594. The summed E-state index contributed by atoms with van der Waals surface area (Å²) in [5.41, 5.74) is 4.24. The second kappa shape index (κ2) is 6.28. The summed E-state index contributed by atoms with van der Waals surface area (Å²) < 4.78 is 18.1. The van der Waals surface area contributed by atoms with Crippen molar-refractivity contribution >= 4 is 28.2 Å². The highest BCUT2D eigenvalue weighted by atomic mass is 19.1. The summed E-state index contributed by atoms with van der Waals surface area (Å²) in [6.45, 7) is 3.81. The lowest BCUT2D eigenvalue weighted by Crippen LogP contribution is -2.06. The van der Waals surface area contributed by atoms with Crippen molar-refractivity contribution in [2.24, 2.45) is 0 Å². The third-order valence-electron chi connectivity index (χ3n) is 3.82. The van der Waals surface area contributed by atoms with Gasteiger partial charge in [0.1, 0.15) is 5.82 Å². The van der Waals surface area contributed by atoms with Crippen molar-refractivity contribution in [2.75, 3.05) is 12.4 Å². The van der Waals surface area contributed by atoms with Crippen molar-refractivity contribution in [3.8, 4) is 0 Å². The zero-order chi connectivity index (χ0) is 17.3. The van der Waals surface area contributed by atoms with Gasteiger partial charge in [-0.25, -0.2) is 14.2 Å². The minimum absolute atomic E-state index is 0.219. The maximum absolute atomic E-state index is 13.3. The molecule has 0 radical (unpaired) electrons. The van der Waals surface area contributed by atoms with E-state index in [1.807, 2.05) is 32.0 Å². The maximum atomic E-state index is 13.3. The van der Waals surface area contributed by atoms with Crippen molar-refractivity contribution in [1.29, 1.82) is 0 Å². The number of benzene rings is 2. The number of ether oxygens (including phenoxy) is 1. The first-order chi connectivity index (χ1) is 11.5. The molecule has 0 aliphatic heterocycles. The Morgan fingerprint density at radius 1 is 1.08 bits per heavy atom. The molecule has 0 amide bonds. The molecule has 3 aromatic rings. The molecule has 0 unspecified atom stereocenters. The average molecular weight is 324 g/mol. The second-order valence-electron chi connectivity index (χ2n) is 5.65. The van der Waals surface area contributed by atoms with Gasteiger partial charge >= 0.3 is 5.97 Å². The summed E-state index contributed by atoms with van der Waals surface area (Å²) in [5.74, 6) is -0.792. The third kappa shape index (κ3) is 3.06. The molecule has 1 N–H and O–H groups in total. The van der Waals surface area contributed by atoms with Crippen LogP contribution in [-0.2, 0) is 4.74 Å². The van der Waals surface area contributed by atoms with Gasteiger partial charge in [-0.2, -0.15) is 0 Å². The number of rotatable bonds is 3. The van der Waals surface area contributed by atoms with Gasteiger partial charge in [-0.15, -0.1) is 0 Å². The number of hydrogen-bond acceptors (Lipinski definition) is 4. The van der Waals surface area contributed by atoms with Crippen molar-refractivity contribution in [3.05, 3.63) is 65.1 Å². The van der Waals surface area contributed by atoms with Crippen LogP contribution in [-0.4, -0.2) is 18.1 Å². The Labute approximate surface area is 139 Å². The first-order valence-corrected chi connectivity index (χ1v) is 7.51. The summed E-state index contributed by atoms with van der Waals surface area (Å²) in [5, 5.41) is 4.16. The first kappa shape index (κ1) is 15.9. The van der Waals surface area contributed by atoms with Gasteiger partial charge in [-0.3, -0.25) is 0 Å². The number of aromatic nitrogens is 1. The van der Waals surface area contributed by atoms with E-state index in [1.54, 1.807) is 12.1 Å². The molecule has 0 aliphatic carbocycles. The average Bonchev–Trinajstić information content (AvgIpc) is 2.56. The number of anilines is 2. The lowest BCUT2D eigenvalue weighted by Gasteiger charge is -2.14. The van der Waals surface area contributed by atoms with Crippen LogP contribution in [0.3, 0.4) is 0 Å². The van der Waals surface area contributed by atoms with Crippen LogP contribution in [0.1, 0.15) is 21.6 Å². The molecule has 0 fully saturated rings. The molecule has 4 nitrogen and oxygen atoms in total. The smallest absolute Gasteiger partial charge is 0.356 e. The van der Waals surface area contributed by atoms with Crippen LogP contribution in [0.25, 0.3) is 10.9 Å². The number of hydrogen-bond donors (Lipinski definition) is 1. The summed E-state index contributed by atoms with van der Waals surface area (Å²) in [6.07, 6.45) is 0. The minimum atomic E-state index is -0.503. The number of esters is 1. The summed E-state index contributed by atoms with van der Waals surface area (Å²) in [4.78, 5) is 16.2. The van der Waals surface area contributed by atoms with E-state index in [0.29, 0.717) is 5.52 Å². The molecule has 122 valence electrons. The molecule has 0 saturated carbocycles. The fourth-order valence-electron chi connectivity index (χ4n) is 2.56. The van der Waals surface area contributed by atoms with Crippen molar-refractivity contribution in [3.63, 3.8) is 0 Å². The Kier molecular flexibility index (Phi) is 4.16. The Bertz CT molecular complexity index is 938. The Morgan fingerprint density at radius 2 is 1.88 bits per heavy atom. The van der Waals surface area contributed by atoms with Gasteiger partial charge < -0.3 is 10.1 Å². The fourth-order valence-corrected chi connectivity index (χ4v) is 2.56. The number of halogens is 1. The van der Waals surface area contributed by atoms with E-state index in [1.165, 1.54) is 19.2 Å². The molecule has 0 saturated heterocycles. The number of nitrogens with zero attached hydrogens (tertiary/aromatic N) is 1. The van der Waals surface area contributed by atoms with Gasteiger partial charge in [0.15, 0.2) is 5.69 Å². The first-order valence-electron chi connectivity index (χ1n) is 7.51. The number of methoxy groups -OCH3 is 1. The SMILES string of the molecule is COC(=O)c1cc(Nc2ccc(F)cc2C)c2cc(C)ccc2n1. The molecule has 5 heteroatoms.